The van der Waals surface area contributed by atoms with Gasteiger partial charge in [-0.1, -0.05) is 38.2 Å². The maximum absolute atomic E-state index is 13.4. The molecule has 0 saturated heterocycles. The quantitative estimate of drug-likeness (QED) is 0.556. The third-order valence-corrected chi connectivity index (χ3v) is 6.39. The highest BCUT2D eigenvalue weighted by Crippen LogP contribution is 2.17. The molecule has 0 bridgehead atoms. The molecule has 2 amide bonds. The Morgan fingerprint density at radius 2 is 1.80 bits per heavy atom. The molecule has 1 fully saturated rings. The average Bonchev–Trinajstić information content (AvgIpc) is 3.35. The molecule has 1 saturated carbocycles. The van der Waals surface area contributed by atoms with Crippen LogP contribution in [0.3, 0.4) is 0 Å². The van der Waals surface area contributed by atoms with Gasteiger partial charge in [-0.05, 0) is 37.1 Å². The highest BCUT2D eigenvalue weighted by molar-refractivity contribution is 5.99. The van der Waals surface area contributed by atoms with Crippen LogP contribution in [0.5, 0.6) is 0 Å². The number of carbonyl (C=O) groups is 2. The zero-order valence-corrected chi connectivity index (χ0v) is 20.1. The van der Waals surface area contributed by atoms with Crippen LogP contribution in [0, 0.1) is 0 Å². The number of amides is 2. The van der Waals surface area contributed by atoms with E-state index in [-0.39, 0.29) is 23.7 Å². The summed E-state index contributed by atoms with van der Waals surface area (Å²) in [5, 5.41) is 3.06. The summed E-state index contributed by atoms with van der Waals surface area (Å²) in [6.07, 6.45) is 13.7. The summed E-state index contributed by atoms with van der Waals surface area (Å²) in [5.74, 6) is -0.298. The molecule has 0 aromatic carbocycles. The highest BCUT2D eigenvalue weighted by atomic mass is 16.3. The van der Waals surface area contributed by atoms with Crippen LogP contribution in [0.15, 0.2) is 64.4 Å². The van der Waals surface area contributed by atoms with Crippen LogP contribution in [0.2, 0.25) is 0 Å². The van der Waals surface area contributed by atoms with Crippen LogP contribution in [-0.4, -0.2) is 39.4 Å². The van der Waals surface area contributed by atoms with Crippen molar-refractivity contribution in [1.29, 1.82) is 0 Å². The smallest absolute Gasteiger partial charge is 0.259 e. The maximum atomic E-state index is 13.4. The Kier molecular flexibility index (Phi) is 8.13. The van der Waals surface area contributed by atoms with Crippen molar-refractivity contribution >= 4 is 11.8 Å². The topological polar surface area (TPSA) is 97.4 Å². The Morgan fingerprint density at radius 1 is 1.06 bits per heavy atom. The van der Waals surface area contributed by atoms with Crippen LogP contribution in [0.25, 0.3) is 0 Å². The molecule has 0 radical (unpaired) electrons. The first-order valence-corrected chi connectivity index (χ1v) is 12.2. The molecule has 1 N–H and O–H groups in total. The Hall–Kier alpha value is -3.68. The second-order valence-electron chi connectivity index (χ2n) is 9.16. The van der Waals surface area contributed by atoms with Crippen molar-refractivity contribution in [2.75, 3.05) is 7.05 Å². The van der Waals surface area contributed by atoms with E-state index >= 15 is 0 Å². The second kappa shape index (κ2) is 11.6. The van der Waals surface area contributed by atoms with Crippen molar-refractivity contribution in [3.05, 3.63) is 88.0 Å². The molecule has 0 spiro atoms. The van der Waals surface area contributed by atoms with Gasteiger partial charge in [-0.25, -0.2) is 0 Å². The molecule has 3 aromatic heterocycles. The number of furan rings is 1. The highest BCUT2D eigenvalue weighted by Gasteiger charge is 2.24. The number of nitrogens with one attached hydrogen (secondary N) is 1. The maximum Gasteiger partial charge on any atom is 0.259 e. The van der Waals surface area contributed by atoms with Crippen molar-refractivity contribution in [2.24, 2.45) is 0 Å². The summed E-state index contributed by atoms with van der Waals surface area (Å²) >= 11 is 0. The fraction of sp³-hybridized carbons (Fsp3) is 0.407. The molecule has 0 atom stereocenters. The van der Waals surface area contributed by atoms with Gasteiger partial charge in [0.1, 0.15) is 16.9 Å². The lowest BCUT2D eigenvalue weighted by molar-refractivity contribution is 0.0773. The van der Waals surface area contributed by atoms with E-state index in [1.54, 1.807) is 29.9 Å². The van der Waals surface area contributed by atoms with Gasteiger partial charge < -0.3 is 19.2 Å². The van der Waals surface area contributed by atoms with Crippen LogP contribution in [0.4, 0.5) is 0 Å². The molecule has 3 heterocycles. The number of hydrogen-bond acceptors (Lipinski definition) is 5. The van der Waals surface area contributed by atoms with Gasteiger partial charge in [-0.15, -0.1) is 0 Å². The van der Waals surface area contributed by atoms with Crippen LogP contribution < -0.4 is 10.7 Å². The van der Waals surface area contributed by atoms with Gasteiger partial charge in [0.25, 0.3) is 11.8 Å². The van der Waals surface area contributed by atoms with E-state index in [4.69, 9.17) is 4.42 Å². The van der Waals surface area contributed by atoms with E-state index < -0.39 is 17.2 Å². The van der Waals surface area contributed by atoms with E-state index in [9.17, 15) is 14.4 Å². The zero-order chi connectivity index (χ0) is 24.6. The summed E-state index contributed by atoms with van der Waals surface area (Å²) in [6.45, 7) is 0.539. The Balaban J connectivity index is 1.63. The largest absolute Gasteiger partial charge is 0.467 e. The predicted octanol–water partition coefficient (Wildman–Crippen LogP) is 4.00. The lowest BCUT2D eigenvalue weighted by Gasteiger charge is -2.22. The molecule has 1 aliphatic carbocycles. The van der Waals surface area contributed by atoms with Gasteiger partial charge in [0.15, 0.2) is 0 Å². The summed E-state index contributed by atoms with van der Waals surface area (Å²) in [6, 6.07) is 9.09. The molecule has 184 valence electrons. The number of carbonyl (C=O) groups excluding carboxylic acids is 2. The number of nitrogens with zero attached hydrogens (tertiary/aromatic N) is 3. The third-order valence-electron chi connectivity index (χ3n) is 6.39. The first-order valence-electron chi connectivity index (χ1n) is 12.2. The molecular formula is C27H32N4O4. The molecule has 4 rings (SSSR count). The van der Waals surface area contributed by atoms with Crippen LogP contribution >= 0.6 is 0 Å². The predicted molar refractivity (Wildman–Crippen MR) is 132 cm³/mol. The summed E-state index contributed by atoms with van der Waals surface area (Å²) < 4.78 is 7.02. The number of aromatic nitrogens is 2. The van der Waals surface area contributed by atoms with Gasteiger partial charge in [0.2, 0.25) is 5.43 Å². The third kappa shape index (κ3) is 6.47. The number of rotatable bonds is 7. The summed E-state index contributed by atoms with van der Waals surface area (Å²) in [4.78, 5) is 45.6. The van der Waals surface area contributed by atoms with E-state index in [0.29, 0.717) is 12.3 Å². The summed E-state index contributed by atoms with van der Waals surface area (Å²) in [7, 11) is 1.61. The van der Waals surface area contributed by atoms with E-state index in [1.807, 2.05) is 18.2 Å². The van der Waals surface area contributed by atoms with E-state index in [1.165, 1.54) is 30.0 Å². The molecule has 8 heteroatoms. The van der Waals surface area contributed by atoms with Gasteiger partial charge in [0.05, 0.1) is 25.0 Å². The normalized spacial score (nSPS) is 14.7. The standard InChI is InChI=1S/C27H32N4O4/c1-30(17-22-13-9-15-35-22)27(34)24-19-31(16-21-12-7-8-14-28-21)18-23(25(24)32)26(33)29-20-10-5-3-2-4-6-11-20/h7-9,12-15,18-20H,2-6,10-11,16-17H2,1H3,(H,29,33). The SMILES string of the molecule is CN(Cc1ccco1)C(=O)c1cn(Cc2ccccn2)cc(C(=O)NC2CCCCCCC2)c1=O. The molecule has 8 nitrogen and oxygen atoms in total. The molecule has 1 aliphatic rings. The van der Waals surface area contributed by atoms with E-state index in [0.717, 1.165) is 44.2 Å². The molecule has 0 unspecified atom stereocenters. The van der Waals surface area contributed by atoms with Crippen LogP contribution in [0.1, 0.15) is 77.1 Å². The van der Waals surface area contributed by atoms with Crippen molar-refractivity contribution < 1.29 is 14.0 Å². The van der Waals surface area contributed by atoms with Crippen molar-refractivity contribution in [3.8, 4) is 0 Å². The zero-order valence-electron chi connectivity index (χ0n) is 20.1. The van der Waals surface area contributed by atoms with Crippen molar-refractivity contribution in [1.82, 2.24) is 19.8 Å². The second-order valence-corrected chi connectivity index (χ2v) is 9.16. The van der Waals surface area contributed by atoms with Gasteiger partial charge >= 0.3 is 0 Å². The molecule has 3 aromatic rings. The Bertz CT molecular complexity index is 1180. The lowest BCUT2D eigenvalue weighted by Crippen LogP contribution is -2.40. The molecule has 0 aliphatic heterocycles. The van der Waals surface area contributed by atoms with Gasteiger partial charge in [-0.3, -0.25) is 19.4 Å². The number of hydrogen-bond donors (Lipinski definition) is 1. The lowest BCUT2D eigenvalue weighted by atomic mass is 9.96. The first kappa shape index (κ1) is 24.4. The Morgan fingerprint density at radius 3 is 2.49 bits per heavy atom. The first-order chi connectivity index (χ1) is 17.0. The number of pyridine rings is 2. The van der Waals surface area contributed by atoms with Crippen LogP contribution in [-0.2, 0) is 13.1 Å². The average molecular weight is 477 g/mol. The fourth-order valence-corrected chi connectivity index (χ4v) is 4.49. The minimum absolute atomic E-state index is 0.0276. The minimum atomic E-state index is -0.568. The summed E-state index contributed by atoms with van der Waals surface area (Å²) in [5.41, 5.74) is 0.104. The molecule has 35 heavy (non-hydrogen) atoms. The Labute approximate surface area is 205 Å². The minimum Gasteiger partial charge on any atom is -0.467 e. The van der Waals surface area contributed by atoms with E-state index in [2.05, 4.69) is 10.3 Å². The molecular weight excluding hydrogens is 444 g/mol. The fourth-order valence-electron chi connectivity index (χ4n) is 4.49. The van der Waals surface area contributed by atoms with Gasteiger partial charge in [-0.2, -0.15) is 0 Å². The van der Waals surface area contributed by atoms with Crippen molar-refractivity contribution in [2.45, 2.75) is 64.1 Å². The monoisotopic (exact) mass is 476 g/mol. The van der Waals surface area contributed by atoms with Gasteiger partial charge in [0, 0.05) is 31.7 Å². The van der Waals surface area contributed by atoms with Crippen molar-refractivity contribution in [3.63, 3.8) is 0 Å².